The first-order valence-electron chi connectivity index (χ1n) is 5.20. The van der Waals surface area contributed by atoms with Crippen molar-refractivity contribution in [3.05, 3.63) is 41.6 Å². The maximum absolute atomic E-state index is 5.83. The van der Waals surface area contributed by atoms with Gasteiger partial charge in [0.2, 0.25) is 0 Å². The van der Waals surface area contributed by atoms with Crippen molar-refractivity contribution in [3.8, 4) is 0 Å². The number of rotatable bonds is 3. The van der Waals surface area contributed by atoms with Gasteiger partial charge in [0.25, 0.3) is 0 Å². The number of nitrogens with zero attached hydrogens (tertiary/aromatic N) is 1. The van der Waals surface area contributed by atoms with E-state index in [1.807, 2.05) is 32.0 Å². The lowest BCUT2D eigenvalue weighted by Gasteiger charge is -2.23. The summed E-state index contributed by atoms with van der Waals surface area (Å²) in [6.45, 7) is 2.90. The summed E-state index contributed by atoms with van der Waals surface area (Å²) in [4.78, 5) is 2.04. The molecule has 0 bridgehead atoms. The zero-order chi connectivity index (χ0) is 10.8. The van der Waals surface area contributed by atoms with Crippen molar-refractivity contribution in [2.24, 2.45) is 0 Å². The Hall–Kier alpha value is -0.900. The van der Waals surface area contributed by atoms with Crippen LogP contribution in [0.2, 0.25) is 0 Å². The van der Waals surface area contributed by atoms with E-state index in [1.165, 1.54) is 11.1 Å². The van der Waals surface area contributed by atoms with Crippen LogP contribution < -0.4 is 5.32 Å². The van der Waals surface area contributed by atoms with Gasteiger partial charge in [-0.05, 0) is 26.6 Å². The summed E-state index contributed by atoms with van der Waals surface area (Å²) >= 11 is 0. The fourth-order valence-corrected chi connectivity index (χ4v) is 1.55. The minimum absolute atomic E-state index is 0.0821. The van der Waals surface area contributed by atoms with Crippen LogP contribution in [-0.2, 0) is 11.3 Å². The predicted molar refractivity (Wildman–Crippen MR) is 59.9 cm³/mol. The molecule has 1 radical (unpaired) electrons. The van der Waals surface area contributed by atoms with Gasteiger partial charge in [0.05, 0.1) is 0 Å². The Kier molecular flexibility index (Phi) is 3.05. The highest BCUT2D eigenvalue weighted by Crippen LogP contribution is 2.26. The highest BCUT2D eigenvalue weighted by molar-refractivity contribution is 5.39. The molecule has 1 aliphatic rings. The summed E-state index contributed by atoms with van der Waals surface area (Å²) in [6.07, 6.45) is 0.977. The summed E-state index contributed by atoms with van der Waals surface area (Å²) in [5, 5.41) is 3.28. The highest BCUT2D eigenvalue weighted by Gasteiger charge is 2.25. The van der Waals surface area contributed by atoms with Gasteiger partial charge in [-0.2, -0.15) is 0 Å². The molecule has 0 amide bonds. The van der Waals surface area contributed by atoms with Crippen LogP contribution in [0, 0.1) is 6.23 Å². The van der Waals surface area contributed by atoms with Crippen LogP contribution in [0.5, 0.6) is 0 Å². The van der Waals surface area contributed by atoms with Crippen molar-refractivity contribution < 1.29 is 4.74 Å². The number of ether oxygens (including phenoxy) is 1. The van der Waals surface area contributed by atoms with Crippen molar-refractivity contribution in [2.45, 2.75) is 19.7 Å². The Bertz CT molecular complexity index is 338. The van der Waals surface area contributed by atoms with Crippen LogP contribution in [0.15, 0.2) is 24.3 Å². The van der Waals surface area contributed by atoms with Gasteiger partial charge < -0.3 is 4.74 Å². The van der Waals surface area contributed by atoms with E-state index >= 15 is 0 Å². The van der Waals surface area contributed by atoms with Crippen molar-refractivity contribution in [3.63, 3.8) is 0 Å². The monoisotopic (exact) mass is 205 g/mol. The third kappa shape index (κ3) is 2.20. The fourth-order valence-electron chi connectivity index (χ4n) is 1.55. The van der Waals surface area contributed by atoms with Gasteiger partial charge in [-0.1, -0.05) is 24.3 Å². The van der Waals surface area contributed by atoms with Gasteiger partial charge in [-0.25, -0.2) is 0 Å². The zero-order valence-corrected chi connectivity index (χ0v) is 9.45. The third-order valence-electron chi connectivity index (χ3n) is 2.72. The number of nitrogens with one attached hydrogen (secondary N) is 1. The van der Waals surface area contributed by atoms with E-state index in [4.69, 9.17) is 4.74 Å². The molecule has 3 heteroatoms. The Labute approximate surface area is 91.0 Å². The van der Waals surface area contributed by atoms with E-state index in [0.29, 0.717) is 0 Å². The molecule has 0 saturated carbocycles. The van der Waals surface area contributed by atoms with Gasteiger partial charge >= 0.3 is 0 Å². The van der Waals surface area contributed by atoms with E-state index in [1.54, 1.807) is 0 Å². The summed E-state index contributed by atoms with van der Waals surface area (Å²) in [5.74, 6) is 0. The van der Waals surface area contributed by atoms with Crippen LogP contribution in [0.1, 0.15) is 18.1 Å². The number of hydrogen-bond acceptors (Lipinski definition) is 3. The Morgan fingerprint density at radius 2 is 2.07 bits per heavy atom. The van der Waals surface area contributed by atoms with Crippen molar-refractivity contribution in [2.75, 3.05) is 14.1 Å². The van der Waals surface area contributed by atoms with Crippen LogP contribution in [0.4, 0.5) is 0 Å². The highest BCUT2D eigenvalue weighted by atomic mass is 16.5. The summed E-state index contributed by atoms with van der Waals surface area (Å²) in [7, 11) is 4.01. The lowest BCUT2D eigenvalue weighted by Crippen LogP contribution is -2.32. The maximum Gasteiger partial charge on any atom is 0.195 e. The number of fused-ring (bicyclic) bond motifs is 1. The number of benzene rings is 1. The molecule has 0 saturated heterocycles. The van der Waals surface area contributed by atoms with Gasteiger partial charge in [-0.15, -0.1) is 0 Å². The second kappa shape index (κ2) is 4.31. The second-order valence-corrected chi connectivity index (χ2v) is 4.02. The van der Waals surface area contributed by atoms with Gasteiger partial charge in [0, 0.05) is 12.1 Å². The first kappa shape index (κ1) is 10.6. The Balaban J connectivity index is 2.08. The molecule has 0 spiro atoms. The molecule has 1 N–H and O–H groups in total. The van der Waals surface area contributed by atoms with E-state index in [9.17, 15) is 0 Å². The normalized spacial score (nSPS) is 18.1. The molecule has 1 aromatic rings. The van der Waals surface area contributed by atoms with E-state index in [0.717, 1.165) is 12.8 Å². The first-order valence-corrected chi connectivity index (χ1v) is 5.20. The Morgan fingerprint density at radius 1 is 1.33 bits per heavy atom. The van der Waals surface area contributed by atoms with E-state index in [2.05, 4.69) is 23.5 Å². The largest absolute Gasteiger partial charge is 0.333 e. The quantitative estimate of drug-likeness (QED) is 0.758. The molecule has 1 atom stereocenters. The molecule has 2 rings (SSSR count). The average Bonchev–Trinajstić information content (AvgIpc) is 2.62. The SMILES string of the molecule is CC(O[C]1NCc2ccccc21)N(C)C. The summed E-state index contributed by atoms with van der Waals surface area (Å²) in [5.41, 5.74) is 2.49. The van der Waals surface area contributed by atoms with Crippen molar-refractivity contribution in [1.82, 2.24) is 10.2 Å². The molecule has 15 heavy (non-hydrogen) atoms. The van der Waals surface area contributed by atoms with Gasteiger partial charge in [0.1, 0.15) is 6.23 Å². The molecule has 1 unspecified atom stereocenters. The van der Waals surface area contributed by atoms with Crippen LogP contribution in [-0.4, -0.2) is 25.2 Å². The minimum atomic E-state index is 0.0821. The molecule has 81 valence electrons. The molecule has 3 nitrogen and oxygen atoms in total. The summed E-state index contributed by atoms with van der Waals surface area (Å²) in [6, 6.07) is 8.31. The smallest absolute Gasteiger partial charge is 0.195 e. The van der Waals surface area contributed by atoms with Crippen molar-refractivity contribution in [1.29, 1.82) is 0 Å². The Morgan fingerprint density at radius 3 is 2.80 bits per heavy atom. The maximum atomic E-state index is 5.83. The lowest BCUT2D eigenvalue weighted by molar-refractivity contribution is -0.0139. The molecule has 1 aliphatic heterocycles. The average molecular weight is 205 g/mol. The van der Waals surface area contributed by atoms with Crippen LogP contribution in [0.25, 0.3) is 0 Å². The molecular formula is C12H17N2O. The molecule has 1 aromatic carbocycles. The topological polar surface area (TPSA) is 24.5 Å². The third-order valence-corrected chi connectivity index (χ3v) is 2.72. The van der Waals surface area contributed by atoms with Crippen LogP contribution in [0.3, 0.4) is 0 Å². The van der Waals surface area contributed by atoms with Crippen molar-refractivity contribution >= 4 is 0 Å². The predicted octanol–water partition coefficient (Wildman–Crippen LogP) is 1.55. The zero-order valence-electron chi connectivity index (χ0n) is 9.45. The molecule has 0 aromatic heterocycles. The van der Waals surface area contributed by atoms with Gasteiger partial charge in [0.15, 0.2) is 6.23 Å². The molecule has 0 aliphatic carbocycles. The number of hydrogen-bond donors (Lipinski definition) is 1. The molecule has 1 heterocycles. The molecule has 0 fully saturated rings. The second-order valence-electron chi connectivity index (χ2n) is 4.02. The van der Waals surface area contributed by atoms with E-state index < -0.39 is 0 Å². The van der Waals surface area contributed by atoms with Crippen LogP contribution >= 0.6 is 0 Å². The molecular weight excluding hydrogens is 188 g/mol. The summed E-state index contributed by atoms with van der Waals surface area (Å²) < 4.78 is 5.83. The minimum Gasteiger partial charge on any atom is -0.333 e. The first-order chi connectivity index (χ1) is 7.18. The lowest BCUT2D eigenvalue weighted by atomic mass is 10.1. The van der Waals surface area contributed by atoms with E-state index in [-0.39, 0.29) is 6.23 Å². The fraction of sp³-hybridized carbons (Fsp3) is 0.417. The van der Waals surface area contributed by atoms with Gasteiger partial charge in [-0.3, -0.25) is 10.2 Å². The standard InChI is InChI=1S/C12H17N2O/c1-9(14(2)3)15-12-11-7-5-4-6-10(11)8-13-12/h4-7,9,13H,8H2,1-3H3.